The molecule has 0 saturated heterocycles. The van der Waals surface area contributed by atoms with E-state index < -0.39 is 0 Å². The van der Waals surface area contributed by atoms with Crippen LogP contribution in [-0.4, -0.2) is 4.57 Å². The number of rotatable bonds is 5. The van der Waals surface area contributed by atoms with Gasteiger partial charge in [0.2, 0.25) is 0 Å². The van der Waals surface area contributed by atoms with Crippen LogP contribution in [0.1, 0.15) is 68.7 Å². The minimum Gasteiger partial charge on any atom is -0.324 e. The number of aromatic nitrogens is 1. The minimum atomic E-state index is -0.0668. The molecule has 3 N–H and O–H groups in total. The predicted octanol–water partition coefficient (Wildman–Crippen LogP) is 10.7. The third kappa shape index (κ3) is 5.08. The van der Waals surface area contributed by atoms with Crippen LogP contribution in [0.15, 0.2) is 114 Å². The largest absolute Gasteiger partial charge is 0.324 e. The van der Waals surface area contributed by atoms with E-state index in [1.807, 2.05) is 57.2 Å². The molecule has 2 aromatic heterocycles. The topological polar surface area (TPSA) is 66.8 Å². The van der Waals surface area contributed by atoms with Crippen LogP contribution in [0.3, 0.4) is 0 Å². The fourth-order valence-electron chi connectivity index (χ4n) is 6.81. The number of nitrogen functional groups attached to an aromatic ring is 1. The van der Waals surface area contributed by atoms with E-state index in [1.54, 1.807) is 0 Å². The lowest BCUT2D eigenvalue weighted by molar-refractivity contribution is 0.859. The first kappa shape index (κ1) is 30.2. The van der Waals surface area contributed by atoms with Crippen LogP contribution in [0, 0.1) is 11.3 Å². The molecule has 0 bridgehead atoms. The Morgan fingerprint density at radius 1 is 0.844 bits per heavy atom. The van der Waals surface area contributed by atoms with E-state index in [0.29, 0.717) is 5.57 Å². The van der Waals surface area contributed by atoms with Gasteiger partial charge in [0.05, 0.1) is 27.3 Å². The molecule has 2 aliphatic rings. The van der Waals surface area contributed by atoms with Crippen molar-refractivity contribution >= 4 is 38.0 Å². The molecule has 4 nitrogen and oxygen atoms in total. The van der Waals surface area contributed by atoms with Crippen LogP contribution in [0.4, 0.5) is 5.69 Å². The highest BCUT2D eigenvalue weighted by atomic mass is 32.1. The van der Waals surface area contributed by atoms with E-state index in [2.05, 4.69) is 101 Å². The smallest absolute Gasteiger partial charge is 0.103 e. The number of nitrogens with zero attached hydrogens (tertiary/aromatic N) is 2. The van der Waals surface area contributed by atoms with E-state index >= 15 is 0 Å². The molecule has 1 atom stereocenters. The zero-order valence-electron chi connectivity index (χ0n) is 26.3. The molecule has 0 amide bonds. The number of thiophene rings is 1. The Kier molecular flexibility index (Phi) is 8.74. The summed E-state index contributed by atoms with van der Waals surface area (Å²) in [6.07, 6.45) is 2.49. The molecular formula is C40H38N4S. The van der Waals surface area contributed by atoms with Crippen LogP contribution in [0.5, 0.6) is 0 Å². The van der Waals surface area contributed by atoms with Gasteiger partial charge in [-0.15, -0.1) is 17.1 Å². The number of hydrogen-bond donors (Lipinski definition) is 2. The first-order valence-corrected chi connectivity index (χ1v) is 16.7. The van der Waals surface area contributed by atoms with Crippen LogP contribution < -0.4 is 11.3 Å². The van der Waals surface area contributed by atoms with E-state index in [1.165, 1.54) is 42.7 Å². The maximum absolute atomic E-state index is 9.60. The van der Waals surface area contributed by atoms with Gasteiger partial charge in [0.15, 0.2) is 0 Å². The third-order valence-electron chi connectivity index (χ3n) is 8.57. The average Bonchev–Trinajstić information content (AvgIpc) is 3.88. The molecule has 0 aliphatic heterocycles. The number of allylic oxidation sites excluding steroid dienone is 1. The third-order valence-corrected chi connectivity index (χ3v) is 9.79. The Morgan fingerprint density at radius 2 is 1.58 bits per heavy atom. The Labute approximate surface area is 269 Å². The fourth-order valence-corrected chi connectivity index (χ4v) is 8.09. The first-order chi connectivity index (χ1) is 22.2. The SMILES string of the molecule is CC.CC.N#CC1=C=C(C(c2cccc(-n3c4c(c5ccccc53)Cc3c-4sc4ccccc34)c2)c2ccccc2NN)CC1. The predicted molar refractivity (Wildman–Crippen MR) is 191 cm³/mol. The van der Waals surface area contributed by atoms with E-state index in [0.717, 1.165) is 47.3 Å². The minimum absolute atomic E-state index is 0.0668. The van der Waals surface area contributed by atoms with Crippen molar-refractivity contribution in [3.8, 4) is 22.3 Å². The second-order valence-electron chi connectivity index (χ2n) is 10.8. The fraction of sp³-hybridized carbons (Fsp3) is 0.200. The lowest BCUT2D eigenvalue weighted by atomic mass is 9.83. The number of nitriles is 1. The van der Waals surface area contributed by atoms with Gasteiger partial charge in [-0.1, -0.05) is 94.4 Å². The Balaban J connectivity index is 0.000000860. The molecule has 0 spiro atoms. The van der Waals surface area contributed by atoms with Gasteiger partial charge >= 0.3 is 0 Å². The quantitative estimate of drug-likeness (QED) is 0.116. The van der Waals surface area contributed by atoms with Crippen LogP contribution in [0.2, 0.25) is 0 Å². The molecule has 6 aromatic rings. The summed E-state index contributed by atoms with van der Waals surface area (Å²) in [5, 5.41) is 12.3. The van der Waals surface area contributed by atoms with Crippen molar-refractivity contribution in [1.82, 2.24) is 4.57 Å². The summed E-state index contributed by atoms with van der Waals surface area (Å²) in [5.74, 6) is 5.92. The van der Waals surface area contributed by atoms with Gasteiger partial charge in [0.25, 0.3) is 0 Å². The zero-order chi connectivity index (χ0) is 31.5. The van der Waals surface area contributed by atoms with Gasteiger partial charge in [-0.25, -0.2) is 0 Å². The van der Waals surface area contributed by atoms with Crippen molar-refractivity contribution in [2.24, 2.45) is 5.84 Å². The number of hydrazine groups is 1. The first-order valence-electron chi connectivity index (χ1n) is 15.9. The number of fused-ring (bicyclic) bond motifs is 7. The van der Waals surface area contributed by atoms with Crippen LogP contribution >= 0.6 is 11.3 Å². The van der Waals surface area contributed by atoms with Gasteiger partial charge in [-0.05, 0) is 76.4 Å². The summed E-state index contributed by atoms with van der Waals surface area (Å²) in [6, 6.07) is 36.9. The van der Waals surface area contributed by atoms with E-state index in [9.17, 15) is 5.26 Å². The van der Waals surface area contributed by atoms with E-state index in [-0.39, 0.29) is 5.92 Å². The van der Waals surface area contributed by atoms with Crippen molar-refractivity contribution in [2.45, 2.75) is 52.9 Å². The maximum atomic E-state index is 9.60. The molecule has 45 heavy (non-hydrogen) atoms. The van der Waals surface area contributed by atoms with Crippen molar-refractivity contribution in [1.29, 1.82) is 5.26 Å². The summed E-state index contributed by atoms with van der Waals surface area (Å²) in [7, 11) is 0. The number of hydrogen-bond acceptors (Lipinski definition) is 4. The number of nitrogens with two attached hydrogens (primary N) is 1. The standard InChI is InChI=1S/C36H26N4S.2C2H6/c37-21-22-16-17-24(18-22)34(28-12-1-4-13-31(28)39-38)23-8-7-9-25(19-23)40-32-14-5-2-10-26(32)29-20-30-27-11-3-6-15-33(27)41-36(30)35(29)40;2*1-2/h1-15,19,34,39H,16-17,20,38H2;2*1-2H3. The summed E-state index contributed by atoms with van der Waals surface area (Å²) >= 11 is 1.90. The Hall–Kier alpha value is -4.85. The lowest BCUT2D eigenvalue weighted by Gasteiger charge is -2.23. The number of para-hydroxylation sites is 2. The van der Waals surface area contributed by atoms with Gasteiger partial charge in [-0.3, -0.25) is 5.84 Å². The number of anilines is 1. The molecule has 224 valence electrons. The molecule has 4 aromatic carbocycles. The van der Waals surface area contributed by atoms with E-state index in [4.69, 9.17) is 5.84 Å². The highest BCUT2D eigenvalue weighted by Gasteiger charge is 2.31. The number of benzene rings is 4. The van der Waals surface area contributed by atoms with Crippen molar-refractivity contribution in [3.05, 3.63) is 136 Å². The average molecular weight is 607 g/mol. The molecule has 1 unspecified atom stereocenters. The van der Waals surface area contributed by atoms with Gasteiger partial charge in [0, 0.05) is 28.1 Å². The summed E-state index contributed by atoms with van der Waals surface area (Å²) in [5.41, 5.74) is 17.8. The molecule has 0 saturated carbocycles. The second-order valence-corrected chi connectivity index (χ2v) is 11.8. The van der Waals surface area contributed by atoms with Crippen molar-refractivity contribution in [2.75, 3.05) is 5.43 Å². The summed E-state index contributed by atoms with van der Waals surface area (Å²) in [6.45, 7) is 8.00. The second kappa shape index (κ2) is 13.0. The van der Waals surface area contributed by atoms with Gasteiger partial charge < -0.3 is 9.99 Å². The highest BCUT2D eigenvalue weighted by Crippen LogP contribution is 2.51. The van der Waals surface area contributed by atoms with Crippen LogP contribution in [0.25, 0.3) is 37.2 Å². The Morgan fingerprint density at radius 3 is 2.36 bits per heavy atom. The molecule has 0 radical (unpaired) electrons. The molecular weight excluding hydrogens is 569 g/mol. The molecule has 8 rings (SSSR count). The lowest BCUT2D eigenvalue weighted by Crippen LogP contribution is -2.13. The molecule has 2 aliphatic carbocycles. The normalized spacial score (nSPS) is 13.4. The monoisotopic (exact) mass is 606 g/mol. The van der Waals surface area contributed by atoms with Gasteiger partial charge in [0.1, 0.15) is 6.07 Å². The molecule has 0 fully saturated rings. The maximum Gasteiger partial charge on any atom is 0.103 e. The summed E-state index contributed by atoms with van der Waals surface area (Å²) in [4.78, 5) is 1.37. The molecule has 2 heterocycles. The zero-order valence-corrected chi connectivity index (χ0v) is 27.1. The van der Waals surface area contributed by atoms with Gasteiger partial charge in [-0.2, -0.15) is 5.26 Å². The molecule has 5 heteroatoms. The highest BCUT2D eigenvalue weighted by molar-refractivity contribution is 7.22. The number of nitrogens with one attached hydrogen (secondary N) is 1. The Bertz CT molecular complexity index is 2130. The van der Waals surface area contributed by atoms with Crippen molar-refractivity contribution < 1.29 is 0 Å². The van der Waals surface area contributed by atoms with Crippen molar-refractivity contribution in [3.63, 3.8) is 0 Å². The summed E-state index contributed by atoms with van der Waals surface area (Å²) < 4.78 is 3.80. The van der Waals surface area contributed by atoms with Crippen LogP contribution in [-0.2, 0) is 6.42 Å².